The number of unbranched alkanes of at least 4 members (excludes halogenated alkanes) is 1. The van der Waals surface area contributed by atoms with Gasteiger partial charge in [-0.25, -0.2) is 4.39 Å². The molecular weight excluding hydrogens is 201 g/mol. The highest BCUT2D eigenvalue weighted by Crippen LogP contribution is 2.24. The van der Waals surface area contributed by atoms with Crippen molar-refractivity contribution in [1.82, 2.24) is 0 Å². The van der Waals surface area contributed by atoms with E-state index in [1.165, 1.54) is 6.07 Å². The third kappa shape index (κ3) is 2.69. The smallest absolute Gasteiger partial charge is 0.127 e. The SMILES string of the molecule is Cc1ccc(F)c(CCCCN)c1Cl. The van der Waals surface area contributed by atoms with Gasteiger partial charge in [0.05, 0.1) is 0 Å². The zero-order valence-electron chi connectivity index (χ0n) is 8.32. The lowest BCUT2D eigenvalue weighted by molar-refractivity contribution is 0.600. The highest BCUT2D eigenvalue weighted by molar-refractivity contribution is 6.32. The second kappa shape index (κ2) is 5.32. The molecule has 0 aliphatic heterocycles. The highest BCUT2D eigenvalue weighted by Gasteiger charge is 2.08. The number of aryl methyl sites for hydroxylation is 1. The first-order valence-electron chi connectivity index (χ1n) is 4.80. The van der Waals surface area contributed by atoms with E-state index in [1.54, 1.807) is 6.07 Å². The van der Waals surface area contributed by atoms with E-state index in [-0.39, 0.29) is 5.82 Å². The van der Waals surface area contributed by atoms with Crippen molar-refractivity contribution in [2.75, 3.05) is 6.54 Å². The van der Waals surface area contributed by atoms with Crippen molar-refractivity contribution < 1.29 is 4.39 Å². The minimum Gasteiger partial charge on any atom is -0.330 e. The Hall–Kier alpha value is -0.600. The van der Waals surface area contributed by atoms with Crippen molar-refractivity contribution in [3.05, 3.63) is 34.1 Å². The van der Waals surface area contributed by atoms with Crippen molar-refractivity contribution in [3.63, 3.8) is 0 Å². The minimum absolute atomic E-state index is 0.211. The Labute approximate surface area is 89.1 Å². The van der Waals surface area contributed by atoms with E-state index in [9.17, 15) is 4.39 Å². The van der Waals surface area contributed by atoms with Crippen molar-refractivity contribution in [2.24, 2.45) is 5.73 Å². The van der Waals surface area contributed by atoms with Gasteiger partial charge in [-0.3, -0.25) is 0 Å². The molecule has 0 aliphatic carbocycles. The maximum Gasteiger partial charge on any atom is 0.127 e. The van der Waals surface area contributed by atoms with Gasteiger partial charge >= 0.3 is 0 Å². The molecule has 0 unspecified atom stereocenters. The lowest BCUT2D eigenvalue weighted by Gasteiger charge is -2.07. The molecular formula is C11H15ClFN. The summed E-state index contributed by atoms with van der Waals surface area (Å²) < 4.78 is 13.3. The molecule has 0 fully saturated rings. The Bertz CT molecular complexity index is 312. The molecule has 0 aromatic heterocycles. The third-order valence-electron chi connectivity index (χ3n) is 2.26. The predicted octanol–water partition coefficient (Wildman–Crippen LogP) is 3.07. The molecule has 0 heterocycles. The van der Waals surface area contributed by atoms with Crippen molar-refractivity contribution in [2.45, 2.75) is 26.2 Å². The van der Waals surface area contributed by atoms with Gasteiger partial charge in [-0.15, -0.1) is 0 Å². The lowest BCUT2D eigenvalue weighted by atomic mass is 10.0. The molecule has 1 rings (SSSR count). The van der Waals surface area contributed by atoms with Gasteiger partial charge in [0.25, 0.3) is 0 Å². The van der Waals surface area contributed by atoms with Crippen LogP contribution in [0.15, 0.2) is 12.1 Å². The topological polar surface area (TPSA) is 26.0 Å². The molecule has 0 bridgehead atoms. The number of hydrogen-bond donors (Lipinski definition) is 1. The quantitative estimate of drug-likeness (QED) is 0.768. The van der Waals surface area contributed by atoms with Crippen molar-refractivity contribution >= 4 is 11.6 Å². The number of nitrogens with two attached hydrogens (primary N) is 1. The fourth-order valence-electron chi connectivity index (χ4n) is 1.39. The van der Waals surface area contributed by atoms with Crippen LogP contribution in [0.1, 0.15) is 24.0 Å². The summed E-state index contributed by atoms with van der Waals surface area (Å²) in [5.41, 5.74) is 6.92. The third-order valence-corrected chi connectivity index (χ3v) is 2.79. The van der Waals surface area contributed by atoms with Crippen LogP contribution in [0.2, 0.25) is 5.02 Å². The normalized spacial score (nSPS) is 10.6. The van der Waals surface area contributed by atoms with Crippen LogP contribution in [0.4, 0.5) is 4.39 Å². The Balaban J connectivity index is 2.79. The van der Waals surface area contributed by atoms with Crippen LogP contribution in [0.5, 0.6) is 0 Å². The molecule has 0 amide bonds. The van der Waals surface area contributed by atoms with Gasteiger partial charge in [0.15, 0.2) is 0 Å². The summed E-state index contributed by atoms with van der Waals surface area (Å²) in [6, 6.07) is 3.17. The molecule has 1 nitrogen and oxygen atoms in total. The summed E-state index contributed by atoms with van der Waals surface area (Å²) >= 11 is 6.01. The molecule has 0 aliphatic rings. The van der Waals surface area contributed by atoms with Crippen LogP contribution >= 0.6 is 11.6 Å². The van der Waals surface area contributed by atoms with E-state index in [1.807, 2.05) is 6.92 Å². The van der Waals surface area contributed by atoms with Gasteiger partial charge in [-0.05, 0) is 44.4 Å². The summed E-state index contributed by atoms with van der Waals surface area (Å²) in [7, 11) is 0. The summed E-state index contributed by atoms with van der Waals surface area (Å²) in [6.45, 7) is 2.53. The lowest BCUT2D eigenvalue weighted by Crippen LogP contribution is -2.00. The molecule has 2 N–H and O–H groups in total. The molecule has 0 saturated heterocycles. The molecule has 0 spiro atoms. The Morgan fingerprint density at radius 2 is 2.07 bits per heavy atom. The van der Waals surface area contributed by atoms with Gasteiger partial charge in [0.2, 0.25) is 0 Å². The van der Waals surface area contributed by atoms with Crippen LogP contribution in [0.25, 0.3) is 0 Å². The molecule has 78 valence electrons. The first-order valence-corrected chi connectivity index (χ1v) is 5.18. The monoisotopic (exact) mass is 215 g/mol. The van der Waals surface area contributed by atoms with E-state index in [2.05, 4.69) is 0 Å². The summed E-state index contributed by atoms with van der Waals surface area (Å²) in [6.07, 6.45) is 2.46. The van der Waals surface area contributed by atoms with Crippen LogP contribution in [0, 0.1) is 12.7 Å². The van der Waals surface area contributed by atoms with Gasteiger partial charge in [-0.2, -0.15) is 0 Å². The Morgan fingerprint density at radius 3 is 2.71 bits per heavy atom. The first kappa shape index (κ1) is 11.5. The predicted molar refractivity (Wildman–Crippen MR) is 58.1 cm³/mol. The molecule has 0 saturated carbocycles. The average molecular weight is 216 g/mol. The van der Waals surface area contributed by atoms with Crippen LogP contribution in [-0.2, 0) is 6.42 Å². The van der Waals surface area contributed by atoms with Gasteiger partial charge in [0, 0.05) is 10.6 Å². The average Bonchev–Trinajstić information content (AvgIpc) is 2.18. The second-order valence-electron chi connectivity index (χ2n) is 3.40. The van der Waals surface area contributed by atoms with Gasteiger partial charge in [0.1, 0.15) is 5.82 Å². The number of halogens is 2. The molecule has 1 aromatic carbocycles. The highest BCUT2D eigenvalue weighted by atomic mass is 35.5. The molecule has 0 atom stereocenters. The fourth-order valence-corrected chi connectivity index (χ4v) is 1.64. The van der Waals surface area contributed by atoms with E-state index >= 15 is 0 Å². The van der Waals surface area contributed by atoms with Gasteiger partial charge in [-0.1, -0.05) is 17.7 Å². The minimum atomic E-state index is -0.211. The number of benzene rings is 1. The Morgan fingerprint density at radius 1 is 1.36 bits per heavy atom. The largest absolute Gasteiger partial charge is 0.330 e. The van der Waals surface area contributed by atoms with Crippen molar-refractivity contribution in [3.8, 4) is 0 Å². The molecule has 3 heteroatoms. The maximum atomic E-state index is 13.3. The van der Waals surface area contributed by atoms with Crippen LogP contribution in [0.3, 0.4) is 0 Å². The van der Waals surface area contributed by atoms with E-state index in [0.29, 0.717) is 23.6 Å². The van der Waals surface area contributed by atoms with Crippen molar-refractivity contribution in [1.29, 1.82) is 0 Å². The Kier molecular flexibility index (Phi) is 4.36. The second-order valence-corrected chi connectivity index (χ2v) is 3.78. The van der Waals surface area contributed by atoms with E-state index in [0.717, 1.165) is 18.4 Å². The zero-order chi connectivity index (χ0) is 10.6. The van der Waals surface area contributed by atoms with E-state index < -0.39 is 0 Å². The molecule has 14 heavy (non-hydrogen) atoms. The van der Waals surface area contributed by atoms with E-state index in [4.69, 9.17) is 17.3 Å². The fraction of sp³-hybridized carbons (Fsp3) is 0.455. The summed E-state index contributed by atoms with van der Waals surface area (Å²) in [5.74, 6) is -0.211. The number of hydrogen-bond acceptors (Lipinski definition) is 1. The van der Waals surface area contributed by atoms with Gasteiger partial charge < -0.3 is 5.73 Å². The summed E-state index contributed by atoms with van der Waals surface area (Å²) in [4.78, 5) is 0. The first-order chi connectivity index (χ1) is 6.66. The molecule has 0 radical (unpaired) electrons. The zero-order valence-corrected chi connectivity index (χ0v) is 9.07. The van der Waals surface area contributed by atoms with Crippen LogP contribution in [-0.4, -0.2) is 6.54 Å². The standard InChI is InChI=1S/C11H15ClFN/c1-8-5-6-10(13)9(11(8)12)4-2-3-7-14/h5-6H,2-4,7,14H2,1H3. The summed E-state index contributed by atoms with van der Waals surface area (Å²) in [5, 5.41) is 0.557. The molecule has 1 aromatic rings. The maximum absolute atomic E-state index is 13.3. The van der Waals surface area contributed by atoms with Crippen LogP contribution < -0.4 is 5.73 Å². The number of rotatable bonds is 4.